The fourth-order valence-corrected chi connectivity index (χ4v) is 2.21. The SMILES string of the molecule is Cc1ccc(CNC(=O)CCc2ccco2)c(N(C)C)c1. The first-order valence-electron chi connectivity index (χ1n) is 7.12. The van der Waals surface area contributed by atoms with Crippen molar-refractivity contribution in [2.45, 2.75) is 26.3 Å². The molecule has 2 rings (SSSR count). The number of hydrogen-bond donors (Lipinski definition) is 1. The third kappa shape index (κ3) is 4.38. The third-order valence-electron chi connectivity index (χ3n) is 3.38. The Balaban J connectivity index is 1.89. The molecule has 0 fully saturated rings. The van der Waals surface area contributed by atoms with Gasteiger partial charge in [0.2, 0.25) is 5.91 Å². The molecule has 0 saturated heterocycles. The van der Waals surface area contributed by atoms with E-state index in [-0.39, 0.29) is 5.91 Å². The molecule has 2 aromatic rings. The fourth-order valence-electron chi connectivity index (χ4n) is 2.21. The Kier molecular flexibility index (Phi) is 5.04. The van der Waals surface area contributed by atoms with E-state index in [1.165, 1.54) is 5.56 Å². The minimum atomic E-state index is 0.0386. The molecular weight excluding hydrogens is 264 g/mol. The van der Waals surface area contributed by atoms with Crippen molar-refractivity contribution in [3.8, 4) is 0 Å². The van der Waals surface area contributed by atoms with Gasteiger partial charge >= 0.3 is 0 Å². The van der Waals surface area contributed by atoms with Gasteiger partial charge < -0.3 is 14.6 Å². The Morgan fingerprint density at radius 3 is 2.76 bits per heavy atom. The summed E-state index contributed by atoms with van der Waals surface area (Å²) in [4.78, 5) is 14.0. The van der Waals surface area contributed by atoms with Gasteiger partial charge in [0.25, 0.3) is 0 Å². The molecule has 1 aromatic heterocycles. The molecule has 1 heterocycles. The van der Waals surface area contributed by atoms with Crippen molar-refractivity contribution in [3.63, 3.8) is 0 Å². The van der Waals surface area contributed by atoms with Crippen molar-refractivity contribution < 1.29 is 9.21 Å². The van der Waals surface area contributed by atoms with Gasteiger partial charge in [-0.3, -0.25) is 4.79 Å². The molecule has 0 aliphatic heterocycles. The summed E-state index contributed by atoms with van der Waals surface area (Å²) in [6.45, 7) is 2.61. The monoisotopic (exact) mass is 286 g/mol. The number of furan rings is 1. The number of nitrogens with zero attached hydrogens (tertiary/aromatic N) is 1. The molecular formula is C17H22N2O2. The van der Waals surface area contributed by atoms with Gasteiger partial charge in [-0.15, -0.1) is 0 Å². The van der Waals surface area contributed by atoms with Gasteiger partial charge in [0.15, 0.2) is 0 Å². The van der Waals surface area contributed by atoms with Crippen LogP contribution in [0.1, 0.15) is 23.3 Å². The fraction of sp³-hybridized carbons (Fsp3) is 0.353. The highest BCUT2D eigenvalue weighted by molar-refractivity contribution is 5.76. The van der Waals surface area contributed by atoms with Crippen LogP contribution in [0.25, 0.3) is 0 Å². The smallest absolute Gasteiger partial charge is 0.220 e. The van der Waals surface area contributed by atoms with E-state index in [0.29, 0.717) is 19.4 Å². The predicted octanol–water partition coefficient (Wildman–Crippen LogP) is 2.90. The van der Waals surface area contributed by atoms with Gasteiger partial charge in [0.1, 0.15) is 5.76 Å². The predicted molar refractivity (Wildman–Crippen MR) is 84.4 cm³/mol. The van der Waals surface area contributed by atoms with Crippen molar-refractivity contribution in [1.82, 2.24) is 5.32 Å². The number of anilines is 1. The number of benzene rings is 1. The summed E-state index contributed by atoms with van der Waals surface area (Å²) in [5.74, 6) is 0.881. The normalized spacial score (nSPS) is 10.4. The zero-order chi connectivity index (χ0) is 15.2. The van der Waals surface area contributed by atoms with Crippen LogP contribution in [-0.2, 0) is 17.8 Å². The average molecular weight is 286 g/mol. The first kappa shape index (κ1) is 15.2. The molecule has 4 heteroatoms. The molecule has 0 aliphatic rings. The number of amides is 1. The highest BCUT2D eigenvalue weighted by atomic mass is 16.3. The van der Waals surface area contributed by atoms with Crippen LogP contribution in [0.15, 0.2) is 41.0 Å². The maximum Gasteiger partial charge on any atom is 0.220 e. The molecule has 112 valence electrons. The number of hydrogen-bond acceptors (Lipinski definition) is 3. The van der Waals surface area contributed by atoms with Crippen LogP contribution in [0.5, 0.6) is 0 Å². The van der Waals surface area contributed by atoms with Crippen LogP contribution in [0.3, 0.4) is 0 Å². The van der Waals surface area contributed by atoms with E-state index in [9.17, 15) is 4.79 Å². The topological polar surface area (TPSA) is 45.5 Å². The minimum absolute atomic E-state index is 0.0386. The van der Waals surface area contributed by atoms with Crippen LogP contribution in [0, 0.1) is 6.92 Å². The van der Waals surface area contributed by atoms with Crippen LogP contribution >= 0.6 is 0 Å². The lowest BCUT2D eigenvalue weighted by atomic mass is 10.1. The first-order chi connectivity index (χ1) is 10.1. The molecule has 0 aliphatic carbocycles. The lowest BCUT2D eigenvalue weighted by molar-refractivity contribution is -0.121. The summed E-state index contributed by atoms with van der Waals surface area (Å²) in [6.07, 6.45) is 2.70. The molecule has 4 nitrogen and oxygen atoms in total. The number of nitrogens with one attached hydrogen (secondary N) is 1. The Labute approximate surface area is 125 Å². The maximum atomic E-state index is 11.9. The quantitative estimate of drug-likeness (QED) is 0.888. The average Bonchev–Trinajstić information content (AvgIpc) is 2.97. The molecule has 0 atom stereocenters. The lowest BCUT2D eigenvalue weighted by Crippen LogP contribution is -2.24. The van der Waals surface area contributed by atoms with Gasteiger partial charge in [-0.1, -0.05) is 12.1 Å². The van der Waals surface area contributed by atoms with Crippen molar-refractivity contribution >= 4 is 11.6 Å². The minimum Gasteiger partial charge on any atom is -0.469 e. The van der Waals surface area contributed by atoms with E-state index in [2.05, 4.69) is 35.3 Å². The van der Waals surface area contributed by atoms with Gasteiger partial charge in [-0.25, -0.2) is 0 Å². The van der Waals surface area contributed by atoms with Gasteiger partial charge in [-0.2, -0.15) is 0 Å². The summed E-state index contributed by atoms with van der Waals surface area (Å²) in [5, 5.41) is 2.97. The van der Waals surface area contributed by atoms with E-state index in [1.807, 2.05) is 26.2 Å². The van der Waals surface area contributed by atoms with Crippen LogP contribution in [0.4, 0.5) is 5.69 Å². The van der Waals surface area contributed by atoms with Gasteiger partial charge in [-0.05, 0) is 36.2 Å². The summed E-state index contributed by atoms with van der Waals surface area (Å²) >= 11 is 0. The maximum absolute atomic E-state index is 11.9. The van der Waals surface area contributed by atoms with E-state index >= 15 is 0 Å². The molecule has 0 spiro atoms. The lowest BCUT2D eigenvalue weighted by Gasteiger charge is -2.18. The summed E-state index contributed by atoms with van der Waals surface area (Å²) in [7, 11) is 4.02. The molecule has 1 N–H and O–H groups in total. The van der Waals surface area contributed by atoms with Gasteiger partial charge in [0.05, 0.1) is 6.26 Å². The number of carbonyl (C=O) groups excluding carboxylic acids is 1. The van der Waals surface area contributed by atoms with Crippen molar-refractivity contribution in [2.24, 2.45) is 0 Å². The first-order valence-corrected chi connectivity index (χ1v) is 7.12. The number of rotatable bonds is 6. The van der Waals surface area contributed by atoms with E-state index in [0.717, 1.165) is 17.0 Å². The van der Waals surface area contributed by atoms with Gasteiger partial charge in [0, 0.05) is 39.2 Å². The van der Waals surface area contributed by atoms with Crippen molar-refractivity contribution in [2.75, 3.05) is 19.0 Å². The number of carbonyl (C=O) groups is 1. The second-order valence-electron chi connectivity index (χ2n) is 5.38. The van der Waals surface area contributed by atoms with E-state index in [4.69, 9.17) is 4.42 Å². The van der Waals surface area contributed by atoms with Crippen LogP contribution in [-0.4, -0.2) is 20.0 Å². The summed E-state index contributed by atoms with van der Waals surface area (Å²) < 4.78 is 5.22. The number of aryl methyl sites for hydroxylation is 2. The standard InChI is InChI=1S/C17H22N2O2/c1-13-6-7-14(16(11-13)19(2)3)12-18-17(20)9-8-15-5-4-10-21-15/h4-7,10-11H,8-9,12H2,1-3H3,(H,18,20). The van der Waals surface area contributed by atoms with Crippen LogP contribution < -0.4 is 10.2 Å². The van der Waals surface area contributed by atoms with E-state index in [1.54, 1.807) is 6.26 Å². The highest BCUT2D eigenvalue weighted by Crippen LogP contribution is 2.20. The second kappa shape index (κ2) is 6.97. The molecule has 1 aromatic carbocycles. The van der Waals surface area contributed by atoms with Crippen molar-refractivity contribution in [1.29, 1.82) is 0 Å². The highest BCUT2D eigenvalue weighted by Gasteiger charge is 2.08. The third-order valence-corrected chi connectivity index (χ3v) is 3.38. The Bertz CT molecular complexity index is 589. The second-order valence-corrected chi connectivity index (χ2v) is 5.38. The molecule has 0 unspecified atom stereocenters. The van der Waals surface area contributed by atoms with E-state index < -0.39 is 0 Å². The zero-order valence-corrected chi connectivity index (χ0v) is 12.8. The molecule has 0 bridgehead atoms. The molecule has 21 heavy (non-hydrogen) atoms. The largest absolute Gasteiger partial charge is 0.469 e. The molecule has 0 radical (unpaired) electrons. The Morgan fingerprint density at radius 2 is 2.10 bits per heavy atom. The van der Waals surface area contributed by atoms with Crippen molar-refractivity contribution in [3.05, 3.63) is 53.5 Å². The summed E-state index contributed by atoms with van der Waals surface area (Å²) in [5.41, 5.74) is 3.48. The summed E-state index contributed by atoms with van der Waals surface area (Å²) in [6, 6.07) is 9.99. The van der Waals surface area contributed by atoms with Crippen LogP contribution in [0.2, 0.25) is 0 Å². The Hall–Kier alpha value is -2.23. The molecule has 0 saturated carbocycles. The Morgan fingerprint density at radius 1 is 1.29 bits per heavy atom. The zero-order valence-electron chi connectivity index (χ0n) is 12.8. The molecule has 1 amide bonds.